The van der Waals surface area contributed by atoms with Gasteiger partial charge in [-0.25, -0.2) is 0 Å². The highest BCUT2D eigenvalue weighted by Crippen LogP contribution is 2.01. The van der Waals surface area contributed by atoms with Gasteiger partial charge in [0, 0.05) is 25.6 Å². The molecule has 1 aliphatic heterocycles. The third-order valence-electron chi connectivity index (χ3n) is 2.77. The summed E-state index contributed by atoms with van der Waals surface area (Å²) in [6.07, 6.45) is 3.59. The lowest BCUT2D eigenvalue weighted by atomic mass is 10.3. The fourth-order valence-electron chi connectivity index (χ4n) is 1.50. The summed E-state index contributed by atoms with van der Waals surface area (Å²) in [5.74, 6) is 1.22. The molecule has 1 rings (SSSR count). The van der Waals surface area contributed by atoms with Crippen LogP contribution in [0.25, 0.3) is 0 Å². The van der Waals surface area contributed by atoms with Crippen LogP contribution in [0.4, 0.5) is 0 Å². The molecule has 1 heterocycles. The van der Waals surface area contributed by atoms with Gasteiger partial charge < -0.3 is 10.2 Å². The maximum absolute atomic E-state index is 4.38. The molecule has 0 saturated heterocycles. The number of aliphatic imine (C=N–C) groups is 1. The maximum atomic E-state index is 4.38. The molecule has 0 aromatic heterocycles. The Balaban J connectivity index is 1.99. The molecule has 0 amide bonds. The SMILES string of the molecule is CC(C)N(C)CCCNC1=NCCC1. The van der Waals surface area contributed by atoms with E-state index < -0.39 is 0 Å². The molecule has 3 heteroatoms. The number of rotatable bonds is 5. The van der Waals surface area contributed by atoms with Crippen LogP contribution in [-0.2, 0) is 0 Å². The quantitative estimate of drug-likeness (QED) is 0.676. The lowest BCUT2D eigenvalue weighted by molar-refractivity contribution is 0.271. The minimum atomic E-state index is 0.652. The number of hydrogen-bond donors (Lipinski definition) is 1. The minimum Gasteiger partial charge on any atom is -0.374 e. The van der Waals surface area contributed by atoms with Crippen molar-refractivity contribution in [3.63, 3.8) is 0 Å². The molecule has 3 nitrogen and oxygen atoms in total. The highest BCUT2D eigenvalue weighted by Gasteiger charge is 2.05. The molecule has 0 aromatic rings. The summed E-state index contributed by atoms with van der Waals surface area (Å²) < 4.78 is 0. The van der Waals surface area contributed by atoms with Crippen LogP contribution >= 0.6 is 0 Å². The summed E-state index contributed by atoms with van der Waals surface area (Å²) in [4.78, 5) is 6.75. The molecule has 0 aliphatic carbocycles. The van der Waals surface area contributed by atoms with E-state index in [1.165, 1.54) is 18.7 Å². The van der Waals surface area contributed by atoms with E-state index in [9.17, 15) is 0 Å². The Bertz CT molecular complexity index is 187. The third kappa shape index (κ3) is 4.09. The Labute approximate surface area is 87.6 Å². The number of nitrogens with one attached hydrogen (secondary N) is 1. The van der Waals surface area contributed by atoms with Gasteiger partial charge in [0.15, 0.2) is 0 Å². The molecule has 0 saturated carbocycles. The normalized spacial score (nSPS) is 16.5. The van der Waals surface area contributed by atoms with Gasteiger partial charge >= 0.3 is 0 Å². The lowest BCUT2D eigenvalue weighted by Crippen LogP contribution is -2.30. The van der Waals surface area contributed by atoms with Gasteiger partial charge in [-0.15, -0.1) is 0 Å². The molecule has 0 aromatic carbocycles. The van der Waals surface area contributed by atoms with Crippen molar-refractivity contribution in [1.29, 1.82) is 0 Å². The molecule has 0 fully saturated rings. The second kappa shape index (κ2) is 6.02. The predicted octanol–water partition coefficient (Wildman–Crippen LogP) is 1.50. The van der Waals surface area contributed by atoms with Gasteiger partial charge in [-0.3, -0.25) is 4.99 Å². The van der Waals surface area contributed by atoms with Gasteiger partial charge in [-0.2, -0.15) is 0 Å². The van der Waals surface area contributed by atoms with Gasteiger partial charge in [0.05, 0.1) is 5.84 Å². The Hall–Kier alpha value is -0.570. The fourth-order valence-corrected chi connectivity index (χ4v) is 1.50. The summed E-state index contributed by atoms with van der Waals surface area (Å²) in [7, 11) is 2.18. The van der Waals surface area contributed by atoms with E-state index in [-0.39, 0.29) is 0 Å². The van der Waals surface area contributed by atoms with Gasteiger partial charge in [-0.1, -0.05) is 0 Å². The van der Waals surface area contributed by atoms with Gasteiger partial charge in [0.1, 0.15) is 0 Å². The molecule has 1 aliphatic rings. The summed E-state index contributed by atoms with van der Waals surface area (Å²) in [5, 5.41) is 3.40. The summed E-state index contributed by atoms with van der Waals surface area (Å²) >= 11 is 0. The minimum absolute atomic E-state index is 0.652. The number of amidine groups is 1. The highest BCUT2D eigenvalue weighted by molar-refractivity contribution is 5.83. The van der Waals surface area contributed by atoms with Crippen molar-refractivity contribution in [3.05, 3.63) is 0 Å². The average molecular weight is 197 g/mol. The van der Waals surface area contributed by atoms with Crippen LogP contribution in [0.5, 0.6) is 0 Å². The summed E-state index contributed by atoms with van der Waals surface area (Å²) in [6.45, 7) is 7.71. The standard InChI is InChI=1S/C11H23N3/c1-10(2)14(3)9-5-8-13-11-6-4-7-12-11/h10H,4-9H2,1-3H3,(H,12,13). The fraction of sp³-hybridized carbons (Fsp3) is 0.909. The van der Waals surface area contributed by atoms with Crippen molar-refractivity contribution in [1.82, 2.24) is 10.2 Å². The van der Waals surface area contributed by atoms with E-state index in [1.807, 2.05) is 0 Å². The lowest BCUT2D eigenvalue weighted by Gasteiger charge is -2.20. The molecule has 1 N–H and O–H groups in total. The first-order valence-electron chi connectivity index (χ1n) is 5.67. The van der Waals surface area contributed by atoms with E-state index in [1.54, 1.807) is 0 Å². The van der Waals surface area contributed by atoms with Crippen molar-refractivity contribution >= 4 is 5.84 Å². The van der Waals surface area contributed by atoms with Crippen LogP contribution in [0.3, 0.4) is 0 Å². The smallest absolute Gasteiger partial charge is 0.0963 e. The van der Waals surface area contributed by atoms with E-state index in [0.717, 1.165) is 26.1 Å². The molecule has 0 atom stereocenters. The van der Waals surface area contributed by atoms with Gasteiger partial charge in [-0.05, 0) is 40.3 Å². The molecular weight excluding hydrogens is 174 g/mol. The zero-order chi connectivity index (χ0) is 10.4. The first-order chi connectivity index (χ1) is 6.70. The molecule has 0 unspecified atom stereocenters. The van der Waals surface area contributed by atoms with E-state index in [2.05, 4.69) is 36.1 Å². The molecule has 82 valence electrons. The van der Waals surface area contributed by atoms with E-state index in [0.29, 0.717) is 6.04 Å². The van der Waals surface area contributed by atoms with Crippen molar-refractivity contribution in [3.8, 4) is 0 Å². The second-order valence-electron chi connectivity index (χ2n) is 4.29. The Kier molecular flexibility index (Phi) is 4.94. The molecule has 0 bridgehead atoms. The molecule has 0 spiro atoms. The van der Waals surface area contributed by atoms with Crippen LogP contribution in [0.2, 0.25) is 0 Å². The van der Waals surface area contributed by atoms with Crippen LogP contribution in [0.15, 0.2) is 4.99 Å². The Morgan fingerprint density at radius 3 is 2.86 bits per heavy atom. The molecular formula is C11H23N3. The number of nitrogens with zero attached hydrogens (tertiary/aromatic N) is 2. The van der Waals surface area contributed by atoms with Crippen molar-refractivity contribution in [2.45, 2.75) is 39.2 Å². The molecule has 14 heavy (non-hydrogen) atoms. The zero-order valence-corrected chi connectivity index (χ0v) is 9.71. The van der Waals surface area contributed by atoms with Gasteiger partial charge in [0.2, 0.25) is 0 Å². The van der Waals surface area contributed by atoms with Crippen LogP contribution < -0.4 is 5.32 Å². The van der Waals surface area contributed by atoms with Crippen LogP contribution in [0, 0.1) is 0 Å². The predicted molar refractivity (Wildman–Crippen MR) is 61.9 cm³/mol. The second-order valence-corrected chi connectivity index (χ2v) is 4.29. The van der Waals surface area contributed by atoms with Crippen LogP contribution in [0.1, 0.15) is 33.1 Å². The monoisotopic (exact) mass is 197 g/mol. The highest BCUT2D eigenvalue weighted by atomic mass is 15.1. The van der Waals surface area contributed by atoms with E-state index in [4.69, 9.17) is 0 Å². The largest absolute Gasteiger partial charge is 0.374 e. The first-order valence-corrected chi connectivity index (χ1v) is 5.67. The van der Waals surface area contributed by atoms with Crippen molar-refractivity contribution in [2.75, 3.05) is 26.7 Å². The van der Waals surface area contributed by atoms with Crippen molar-refractivity contribution < 1.29 is 0 Å². The molecule has 0 radical (unpaired) electrons. The maximum Gasteiger partial charge on any atom is 0.0963 e. The van der Waals surface area contributed by atoms with E-state index >= 15 is 0 Å². The summed E-state index contributed by atoms with van der Waals surface area (Å²) in [5.41, 5.74) is 0. The summed E-state index contributed by atoms with van der Waals surface area (Å²) in [6, 6.07) is 0.652. The van der Waals surface area contributed by atoms with Gasteiger partial charge in [0.25, 0.3) is 0 Å². The zero-order valence-electron chi connectivity index (χ0n) is 9.71. The van der Waals surface area contributed by atoms with Crippen LogP contribution in [-0.4, -0.2) is 43.5 Å². The number of hydrogen-bond acceptors (Lipinski definition) is 3. The Morgan fingerprint density at radius 2 is 2.29 bits per heavy atom. The Morgan fingerprint density at radius 1 is 1.50 bits per heavy atom. The first kappa shape index (κ1) is 11.5. The topological polar surface area (TPSA) is 27.6 Å². The average Bonchev–Trinajstić information content (AvgIpc) is 2.64. The third-order valence-corrected chi connectivity index (χ3v) is 2.77. The van der Waals surface area contributed by atoms with Crippen molar-refractivity contribution in [2.24, 2.45) is 4.99 Å².